The molecular formula is C29H29ClN6O4. The summed E-state index contributed by atoms with van der Waals surface area (Å²) in [6, 6.07) is 14.6. The first-order valence-electron chi connectivity index (χ1n) is 13.3. The molecule has 1 aromatic carbocycles. The van der Waals surface area contributed by atoms with Gasteiger partial charge in [-0.05, 0) is 54.3 Å². The number of hydrogen-bond acceptors (Lipinski definition) is 8. The molecule has 1 fully saturated rings. The minimum absolute atomic E-state index is 0.0948. The molecular weight excluding hydrogens is 532 g/mol. The number of aromatic nitrogens is 4. The van der Waals surface area contributed by atoms with Gasteiger partial charge in [0.25, 0.3) is 5.91 Å². The Balaban J connectivity index is 1.19. The van der Waals surface area contributed by atoms with Crippen molar-refractivity contribution in [2.45, 2.75) is 45.1 Å². The highest BCUT2D eigenvalue weighted by Gasteiger charge is 2.26. The molecule has 6 rings (SSSR count). The number of pyridine rings is 2. The summed E-state index contributed by atoms with van der Waals surface area (Å²) in [5.74, 6) is 0.146. The molecule has 1 saturated heterocycles. The van der Waals surface area contributed by atoms with Crippen molar-refractivity contribution >= 4 is 34.6 Å². The quantitative estimate of drug-likeness (QED) is 0.326. The number of nitrogens with one attached hydrogen (secondary N) is 1. The van der Waals surface area contributed by atoms with Crippen LogP contribution in [0.25, 0.3) is 11.2 Å². The van der Waals surface area contributed by atoms with E-state index in [2.05, 4.69) is 19.8 Å². The highest BCUT2D eigenvalue weighted by Crippen LogP contribution is 2.24. The van der Waals surface area contributed by atoms with Crippen molar-refractivity contribution in [2.24, 2.45) is 0 Å². The summed E-state index contributed by atoms with van der Waals surface area (Å²) >= 11 is 5.95. The molecule has 4 aromatic rings. The second kappa shape index (κ2) is 11.3. The Morgan fingerprint density at radius 3 is 2.62 bits per heavy atom. The average Bonchev–Trinajstić information content (AvgIpc) is 3.29. The van der Waals surface area contributed by atoms with Crippen LogP contribution in [-0.2, 0) is 42.1 Å². The molecule has 0 unspecified atom stereocenters. The van der Waals surface area contributed by atoms with Crippen LogP contribution in [0.3, 0.4) is 0 Å². The number of ether oxygens (including phenoxy) is 2. The fourth-order valence-electron chi connectivity index (χ4n) is 5.01. The second-order valence-corrected chi connectivity index (χ2v) is 10.5. The molecule has 40 heavy (non-hydrogen) atoms. The normalized spacial score (nSPS) is 16.8. The summed E-state index contributed by atoms with van der Waals surface area (Å²) in [5.41, 5.74) is 5.00. The zero-order valence-electron chi connectivity index (χ0n) is 22.1. The summed E-state index contributed by atoms with van der Waals surface area (Å²) in [4.78, 5) is 41.4. The molecule has 0 bridgehead atoms. The predicted octanol–water partition coefficient (Wildman–Crippen LogP) is 3.54. The predicted molar refractivity (Wildman–Crippen MR) is 148 cm³/mol. The first-order chi connectivity index (χ1) is 19.5. The van der Waals surface area contributed by atoms with Crippen LogP contribution in [0.4, 0.5) is 0 Å². The monoisotopic (exact) mass is 560 g/mol. The Hall–Kier alpha value is -3.86. The van der Waals surface area contributed by atoms with E-state index < -0.39 is 5.97 Å². The van der Waals surface area contributed by atoms with Crippen LogP contribution >= 0.6 is 11.6 Å². The lowest BCUT2D eigenvalue weighted by Gasteiger charge is -2.30. The van der Waals surface area contributed by atoms with Gasteiger partial charge in [-0.3, -0.25) is 9.69 Å². The molecule has 206 valence electrons. The fourth-order valence-corrected chi connectivity index (χ4v) is 5.14. The second-order valence-electron chi connectivity index (χ2n) is 10.0. The zero-order chi connectivity index (χ0) is 27.6. The Labute approximate surface area is 236 Å². The van der Waals surface area contributed by atoms with Crippen LogP contribution in [0.5, 0.6) is 0 Å². The topological polar surface area (TPSA) is 111 Å². The first-order valence-corrected chi connectivity index (χ1v) is 13.6. The van der Waals surface area contributed by atoms with Gasteiger partial charge in [-0.2, -0.15) is 0 Å². The van der Waals surface area contributed by atoms with E-state index in [0.717, 1.165) is 54.2 Å². The molecule has 1 N–H and O–H groups in total. The Morgan fingerprint density at radius 1 is 1.07 bits per heavy atom. The van der Waals surface area contributed by atoms with Crippen LogP contribution < -0.4 is 5.32 Å². The molecule has 5 heterocycles. The van der Waals surface area contributed by atoms with Crippen molar-refractivity contribution in [3.8, 4) is 0 Å². The number of amides is 1. The van der Waals surface area contributed by atoms with Crippen molar-refractivity contribution in [3.05, 3.63) is 87.6 Å². The van der Waals surface area contributed by atoms with Gasteiger partial charge in [-0.25, -0.2) is 19.7 Å². The first kappa shape index (κ1) is 26.4. The summed E-state index contributed by atoms with van der Waals surface area (Å²) in [6.45, 7) is 3.76. The van der Waals surface area contributed by atoms with Crippen LogP contribution in [0.2, 0.25) is 5.02 Å². The SMILES string of the molecule is COC(=O)c1ccc2nc(CN3CCc4ccc(C(=O)NCc5ccc(Cl)cc5)nc4C3)n(C[C@@H]3CCO3)c2n1. The van der Waals surface area contributed by atoms with Crippen LogP contribution in [0, 0.1) is 0 Å². The maximum absolute atomic E-state index is 12.8. The fraction of sp³-hybridized carbons (Fsp3) is 0.345. The summed E-state index contributed by atoms with van der Waals surface area (Å²) in [5, 5.41) is 3.60. The van der Waals surface area contributed by atoms with E-state index in [9.17, 15) is 9.59 Å². The van der Waals surface area contributed by atoms with Gasteiger partial charge in [0.15, 0.2) is 11.3 Å². The van der Waals surface area contributed by atoms with E-state index in [4.69, 9.17) is 31.0 Å². The van der Waals surface area contributed by atoms with E-state index >= 15 is 0 Å². The van der Waals surface area contributed by atoms with Crippen molar-refractivity contribution in [3.63, 3.8) is 0 Å². The van der Waals surface area contributed by atoms with Crippen LogP contribution in [0.1, 0.15) is 50.0 Å². The molecule has 3 aromatic heterocycles. The van der Waals surface area contributed by atoms with E-state index in [1.807, 2.05) is 18.2 Å². The maximum atomic E-state index is 12.8. The third-order valence-corrected chi connectivity index (χ3v) is 7.60. The number of nitrogens with zero attached hydrogens (tertiary/aromatic N) is 5. The Kier molecular flexibility index (Phi) is 7.46. The standard InChI is InChI=1S/C29H29ClN6O4/c1-39-29(38)24-9-8-22-27(34-24)36(15-21-11-13-40-21)26(33-22)17-35-12-10-19-4-7-23(32-25(19)16-35)28(37)31-14-18-2-5-20(30)6-3-18/h2-9,21H,10-17H2,1H3,(H,31,37)/t21-/m0/s1. The number of hydrogen-bond donors (Lipinski definition) is 1. The largest absolute Gasteiger partial charge is 0.464 e. The van der Waals surface area contributed by atoms with E-state index in [0.29, 0.717) is 42.5 Å². The molecule has 0 spiro atoms. The van der Waals surface area contributed by atoms with Crippen molar-refractivity contribution < 1.29 is 19.1 Å². The molecule has 2 aliphatic heterocycles. The smallest absolute Gasteiger partial charge is 0.356 e. The van der Waals surface area contributed by atoms with Gasteiger partial charge in [0, 0.05) is 31.3 Å². The summed E-state index contributed by atoms with van der Waals surface area (Å²) in [6.07, 6.45) is 1.89. The van der Waals surface area contributed by atoms with Gasteiger partial charge in [0.1, 0.15) is 17.0 Å². The van der Waals surface area contributed by atoms with Crippen molar-refractivity contribution in [1.29, 1.82) is 0 Å². The van der Waals surface area contributed by atoms with Gasteiger partial charge in [-0.1, -0.05) is 29.8 Å². The molecule has 1 amide bonds. The lowest BCUT2D eigenvalue weighted by atomic mass is 10.0. The van der Waals surface area contributed by atoms with Gasteiger partial charge < -0.3 is 19.4 Å². The lowest BCUT2D eigenvalue weighted by Crippen LogP contribution is -2.35. The number of rotatable bonds is 8. The molecule has 2 aliphatic rings. The van der Waals surface area contributed by atoms with Gasteiger partial charge in [0.2, 0.25) is 0 Å². The number of methoxy groups -OCH3 is 1. The summed E-state index contributed by atoms with van der Waals surface area (Å²) in [7, 11) is 1.34. The minimum Gasteiger partial charge on any atom is -0.464 e. The number of halogens is 1. The van der Waals surface area contributed by atoms with E-state index in [1.165, 1.54) is 7.11 Å². The molecule has 0 saturated carbocycles. The molecule has 0 aliphatic carbocycles. The minimum atomic E-state index is -0.484. The number of carbonyl (C=O) groups is 2. The maximum Gasteiger partial charge on any atom is 0.356 e. The number of benzene rings is 1. The average molecular weight is 561 g/mol. The molecule has 10 nitrogen and oxygen atoms in total. The van der Waals surface area contributed by atoms with Crippen LogP contribution in [-0.4, -0.2) is 62.7 Å². The third kappa shape index (κ3) is 5.56. The van der Waals surface area contributed by atoms with Crippen molar-refractivity contribution in [1.82, 2.24) is 29.7 Å². The zero-order valence-corrected chi connectivity index (χ0v) is 22.9. The molecule has 11 heteroatoms. The molecule has 0 radical (unpaired) electrons. The summed E-state index contributed by atoms with van der Waals surface area (Å²) < 4.78 is 12.6. The van der Waals surface area contributed by atoms with Gasteiger partial charge in [-0.15, -0.1) is 0 Å². The highest BCUT2D eigenvalue weighted by molar-refractivity contribution is 6.30. The number of imidazole rings is 1. The van der Waals surface area contributed by atoms with Crippen molar-refractivity contribution in [2.75, 3.05) is 20.3 Å². The Morgan fingerprint density at radius 2 is 1.88 bits per heavy atom. The Bertz CT molecular complexity index is 1570. The number of fused-ring (bicyclic) bond motifs is 2. The lowest BCUT2D eigenvalue weighted by molar-refractivity contribution is -0.0592. The molecule has 1 atom stereocenters. The highest BCUT2D eigenvalue weighted by atomic mass is 35.5. The van der Waals surface area contributed by atoms with E-state index in [1.54, 1.807) is 30.3 Å². The van der Waals surface area contributed by atoms with E-state index in [-0.39, 0.29) is 17.7 Å². The van der Waals surface area contributed by atoms with Gasteiger partial charge in [0.05, 0.1) is 32.0 Å². The third-order valence-electron chi connectivity index (χ3n) is 7.35. The number of carbonyl (C=O) groups excluding carboxylic acids is 2. The number of esters is 1. The van der Waals surface area contributed by atoms with Gasteiger partial charge >= 0.3 is 5.97 Å². The van der Waals surface area contributed by atoms with Crippen LogP contribution in [0.15, 0.2) is 48.5 Å².